The summed E-state index contributed by atoms with van der Waals surface area (Å²) in [4.78, 5) is 14.4. The number of hydrogen-bond acceptors (Lipinski definition) is 3. The van der Waals surface area contributed by atoms with Gasteiger partial charge in [0.2, 0.25) is 0 Å². The number of piperidine rings is 1. The molecule has 25 heavy (non-hydrogen) atoms. The highest BCUT2D eigenvalue weighted by atomic mass is 16.3. The Bertz CT molecular complexity index is 667. The standard InChI is InChI=1S/C21H26N2O2/c1-16(20(24)17-8-4-2-5-9-17)22-19-12-14-23(15-13-19)21(25)18-10-6-3-7-11-18/h2-11,16,19-20,22,24H,12-15H2,1H3. The highest BCUT2D eigenvalue weighted by Gasteiger charge is 2.26. The normalized spacial score (nSPS) is 17.9. The Kier molecular flexibility index (Phi) is 5.84. The number of aliphatic hydroxyl groups is 1. The van der Waals surface area contributed by atoms with Crippen molar-refractivity contribution in [3.05, 3.63) is 71.8 Å². The van der Waals surface area contributed by atoms with Crippen LogP contribution in [-0.4, -0.2) is 41.1 Å². The van der Waals surface area contributed by atoms with E-state index in [1.807, 2.05) is 72.5 Å². The molecule has 1 aliphatic heterocycles. The number of nitrogens with one attached hydrogen (secondary N) is 1. The van der Waals surface area contributed by atoms with E-state index in [-0.39, 0.29) is 11.9 Å². The predicted octanol–water partition coefficient (Wildman–Crippen LogP) is 3.00. The fraction of sp³-hybridized carbons (Fsp3) is 0.381. The summed E-state index contributed by atoms with van der Waals surface area (Å²) in [6, 6.07) is 19.5. The number of benzene rings is 2. The molecule has 3 rings (SSSR count). The lowest BCUT2D eigenvalue weighted by Crippen LogP contribution is -2.48. The third kappa shape index (κ3) is 4.47. The first-order valence-electron chi connectivity index (χ1n) is 8.98. The van der Waals surface area contributed by atoms with Crippen LogP contribution in [0.2, 0.25) is 0 Å². The lowest BCUT2D eigenvalue weighted by atomic mass is 9.99. The van der Waals surface area contributed by atoms with Gasteiger partial charge in [0.05, 0.1) is 6.10 Å². The third-order valence-electron chi connectivity index (χ3n) is 4.92. The average Bonchev–Trinajstić information content (AvgIpc) is 2.68. The molecule has 1 saturated heterocycles. The monoisotopic (exact) mass is 338 g/mol. The summed E-state index contributed by atoms with van der Waals surface area (Å²) in [7, 11) is 0. The molecule has 2 aromatic rings. The van der Waals surface area contributed by atoms with Gasteiger partial charge >= 0.3 is 0 Å². The molecule has 0 saturated carbocycles. The summed E-state index contributed by atoms with van der Waals surface area (Å²) in [5.74, 6) is 0.108. The highest BCUT2D eigenvalue weighted by Crippen LogP contribution is 2.19. The summed E-state index contributed by atoms with van der Waals surface area (Å²) >= 11 is 0. The zero-order chi connectivity index (χ0) is 17.6. The molecule has 2 N–H and O–H groups in total. The number of rotatable bonds is 5. The summed E-state index contributed by atoms with van der Waals surface area (Å²) in [6.07, 6.45) is 1.29. The molecule has 1 fully saturated rings. The van der Waals surface area contributed by atoms with E-state index < -0.39 is 6.10 Å². The van der Waals surface area contributed by atoms with Gasteiger partial charge in [-0.15, -0.1) is 0 Å². The number of amides is 1. The Labute approximate surface area is 149 Å². The van der Waals surface area contributed by atoms with Crippen molar-refractivity contribution in [2.75, 3.05) is 13.1 Å². The summed E-state index contributed by atoms with van der Waals surface area (Å²) in [5, 5.41) is 14.0. The Morgan fingerprint density at radius 2 is 1.60 bits per heavy atom. The van der Waals surface area contributed by atoms with Crippen LogP contribution in [0.15, 0.2) is 60.7 Å². The molecule has 4 nitrogen and oxygen atoms in total. The van der Waals surface area contributed by atoms with E-state index in [1.54, 1.807) is 0 Å². The highest BCUT2D eigenvalue weighted by molar-refractivity contribution is 5.94. The Morgan fingerprint density at radius 3 is 2.20 bits per heavy atom. The van der Waals surface area contributed by atoms with Crippen LogP contribution < -0.4 is 5.32 Å². The minimum atomic E-state index is -0.523. The van der Waals surface area contributed by atoms with Crippen LogP contribution in [0, 0.1) is 0 Å². The third-order valence-corrected chi connectivity index (χ3v) is 4.92. The Balaban J connectivity index is 1.50. The van der Waals surface area contributed by atoms with E-state index in [0.29, 0.717) is 6.04 Å². The summed E-state index contributed by atoms with van der Waals surface area (Å²) in [5.41, 5.74) is 1.68. The van der Waals surface area contributed by atoms with Gasteiger partial charge in [0.25, 0.3) is 5.91 Å². The van der Waals surface area contributed by atoms with Crippen molar-refractivity contribution in [2.45, 2.75) is 38.0 Å². The smallest absolute Gasteiger partial charge is 0.253 e. The van der Waals surface area contributed by atoms with Gasteiger partial charge in [0, 0.05) is 30.7 Å². The van der Waals surface area contributed by atoms with E-state index in [0.717, 1.165) is 37.1 Å². The molecule has 0 radical (unpaired) electrons. The predicted molar refractivity (Wildman–Crippen MR) is 99.4 cm³/mol. The van der Waals surface area contributed by atoms with E-state index in [4.69, 9.17) is 0 Å². The molecule has 1 heterocycles. The maximum absolute atomic E-state index is 12.5. The maximum Gasteiger partial charge on any atom is 0.253 e. The molecule has 0 bridgehead atoms. The second-order valence-corrected chi connectivity index (χ2v) is 6.74. The molecular weight excluding hydrogens is 312 g/mol. The van der Waals surface area contributed by atoms with Crippen LogP contribution in [0.25, 0.3) is 0 Å². The van der Waals surface area contributed by atoms with Crippen LogP contribution in [0.3, 0.4) is 0 Å². The van der Waals surface area contributed by atoms with E-state index in [9.17, 15) is 9.90 Å². The van der Waals surface area contributed by atoms with Gasteiger partial charge in [-0.1, -0.05) is 48.5 Å². The SMILES string of the molecule is CC(NC1CCN(C(=O)c2ccccc2)CC1)C(O)c1ccccc1. The maximum atomic E-state index is 12.5. The molecule has 1 aliphatic rings. The van der Waals surface area contributed by atoms with Crippen LogP contribution in [0.5, 0.6) is 0 Å². The van der Waals surface area contributed by atoms with Gasteiger partial charge in [0.15, 0.2) is 0 Å². The van der Waals surface area contributed by atoms with Gasteiger partial charge in [0.1, 0.15) is 0 Å². The molecule has 132 valence electrons. The van der Waals surface area contributed by atoms with Gasteiger partial charge in [-0.3, -0.25) is 4.79 Å². The molecule has 0 spiro atoms. The number of carbonyl (C=O) groups excluding carboxylic acids is 1. The quantitative estimate of drug-likeness (QED) is 0.881. The van der Waals surface area contributed by atoms with Crippen molar-refractivity contribution in [3.63, 3.8) is 0 Å². The van der Waals surface area contributed by atoms with E-state index in [2.05, 4.69) is 5.32 Å². The second kappa shape index (κ2) is 8.28. The van der Waals surface area contributed by atoms with Crippen molar-refractivity contribution in [1.29, 1.82) is 0 Å². The lowest BCUT2D eigenvalue weighted by Gasteiger charge is -2.35. The zero-order valence-corrected chi connectivity index (χ0v) is 14.6. The van der Waals surface area contributed by atoms with Gasteiger partial charge in [-0.05, 0) is 37.5 Å². The topological polar surface area (TPSA) is 52.6 Å². The number of carbonyl (C=O) groups is 1. The molecule has 2 atom stereocenters. The zero-order valence-electron chi connectivity index (χ0n) is 14.6. The number of likely N-dealkylation sites (tertiary alicyclic amines) is 1. The lowest BCUT2D eigenvalue weighted by molar-refractivity contribution is 0.0682. The van der Waals surface area contributed by atoms with Crippen molar-refractivity contribution in [3.8, 4) is 0 Å². The number of hydrogen-bond donors (Lipinski definition) is 2. The van der Waals surface area contributed by atoms with E-state index >= 15 is 0 Å². The van der Waals surface area contributed by atoms with Crippen LogP contribution in [0.4, 0.5) is 0 Å². The second-order valence-electron chi connectivity index (χ2n) is 6.74. The molecule has 1 amide bonds. The first kappa shape index (κ1) is 17.6. The van der Waals surface area contributed by atoms with Crippen molar-refractivity contribution < 1.29 is 9.90 Å². The largest absolute Gasteiger partial charge is 0.387 e. The summed E-state index contributed by atoms with van der Waals surface area (Å²) < 4.78 is 0. The van der Waals surface area contributed by atoms with Crippen molar-refractivity contribution in [1.82, 2.24) is 10.2 Å². The minimum Gasteiger partial charge on any atom is -0.387 e. The molecule has 2 aromatic carbocycles. The number of aliphatic hydroxyl groups excluding tert-OH is 1. The number of nitrogens with zero attached hydrogens (tertiary/aromatic N) is 1. The van der Waals surface area contributed by atoms with Crippen LogP contribution in [0.1, 0.15) is 41.8 Å². The Morgan fingerprint density at radius 1 is 1.04 bits per heavy atom. The van der Waals surface area contributed by atoms with Crippen LogP contribution in [-0.2, 0) is 0 Å². The molecule has 0 aliphatic carbocycles. The first-order chi connectivity index (χ1) is 12.1. The van der Waals surface area contributed by atoms with Gasteiger partial charge in [-0.2, -0.15) is 0 Å². The molecule has 2 unspecified atom stereocenters. The first-order valence-corrected chi connectivity index (χ1v) is 8.98. The fourth-order valence-electron chi connectivity index (χ4n) is 3.41. The minimum absolute atomic E-state index is 0.0243. The molecule has 4 heteroatoms. The fourth-order valence-corrected chi connectivity index (χ4v) is 3.41. The van der Waals surface area contributed by atoms with Crippen molar-refractivity contribution >= 4 is 5.91 Å². The van der Waals surface area contributed by atoms with Gasteiger partial charge in [-0.25, -0.2) is 0 Å². The van der Waals surface area contributed by atoms with Crippen LogP contribution >= 0.6 is 0 Å². The molecular formula is C21H26N2O2. The summed E-state index contributed by atoms with van der Waals surface area (Å²) in [6.45, 7) is 3.51. The van der Waals surface area contributed by atoms with Crippen molar-refractivity contribution in [2.24, 2.45) is 0 Å². The van der Waals surface area contributed by atoms with E-state index in [1.165, 1.54) is 0 Å². The molecule has 0 aromatic heterocycles. The average molecular weight is 338 g/mol. The van der Waals surface area contributed by atoms with Gasteiger partial charge < -0.3 is 15.3 Å². The Hall–Kier alpha value is -2.17.